The molecule has 0 aliphatic carbocycles. The zero-order chi connectivity index (χ0) is 32.9. The van der Waals surface area contributed by atoms with Gasteiger partial charge >= 0.3 is 0 Å². The van der Waals surface area contributed by atoms with Crippen LogP contribution in [-0.2, 0) is 32.4 Å². The van der Waals surface area contributed by atoms with Gasteiger partial charge in [-0.15, -0.1) is 0 Å². The summed E-state index contributed by atoms with van der Waals surface area (Å²) in [6.45, 7) is 4.05. The molecule has 0 atom stereocenters. The van der Waals surface area contributed by atoms with Gasteiger partial charge in [0.2, 0.25) is 0 Å². The molecule has 0 amide bonds. The first-order chi connectivity index (χ1) is 22.2. The third-order valence-corrected chi connectivity index (χ3v) is 10.6. The van der Waals surface area contributed by atoms with Crippen molar-refractivity contribution in [1.82, 2.24) is 0 Å². The monoisotopic (exact) mass is 670 g/mol. The fraction of sp³-hybridized carbons (Fsp3) is 0.0526. The van der Waals surface area contributed by atoms with Gasteiger partial charge in [0.15, 0.2) is 0 Å². The summed E-state index contributed by atoms with van der Waals surface area (Å²) in [7, 11) is -3.51. The summed E-state index contributed by atoms with van der Waals surface area (Å²) in [4.78, 5) is 4.39. The first-order valence-corrected chi connectivity index (χ1v) is 17.7. The first kappa shape index (κ1) is 34.5. The lowest BCUT2D eigenvalue weighted by Gasteiger charge is -2.03. The lowest BCUT2D eigenvalue weighted by Crippen LogP contribution is -1.92. The number of aryl methyl sites for hydroxylation is 2. The molecule has 8 heteroatoms. The molecule has 0 spiro atoms. The van der Waals surface area contributed by atoms with Crippen LogP contribution in [0.5, 0.6) is 0 Å². The van der Waals surface area contributed by atoms with E-state index >= 15 is 0 Å². The maximum atomic E-state index is 12.7. The topological polar surface area (TPSA) is 51.2 Å². The average molecular weight is 671 g/mol. The van der Waals surface area contributed by atoms with Gasteiger partial charge < -0.3 is 0 Å². The first-order valence-electron chi connectivity index (χ1n) is 14.2. The predicted octanol–water partition coefficient (Wildman–Crippen LogP) is 9.45. The van der Waals surface area contributed by atoms with E-state index in [4.69, 9.17) is 0 Å². The van der Waals surface area contributed by atoms with Crippen molar-refractivity contribution in [2.24, 2.45) is 0 Å². The molecule has 6 aromatic rings. The molecule has 0 saturated carbocycles. The summed E-state index contributed by atoms with van der Waals surface area (Å²) < 4.78 is 61.4. The number of hydrogen-bond donors (Lipinski definition) is 0. The van der Waals surface area contributed by atoms with Gasteiger partial charge in [-0.2, -0.15) is 0 Å². The minimum absolute atomic E-state index is 0.375. The highest BCUT2D eigenvalue weighted by Crippen LogP contribution is 2.19. The lowest BCUT2D eigenvalue weighted by molar-refractivity contribution is 0.625. The van der Waals surface area contributed by atoms with E-state index in [1.165, 1.54) is 59.7 Å². The van der Waals surface area contributed by atoms with Crippen molar-refractivity contribution < 1.29 is 21.4 Å². The minimum atomic E-state index is -1.40. The second-order valence-electron chi connectivity index (χ2n) is 9.97. The van der Waals surface area contributed by atoms with Crippen LogP contribution in [0.25, 0.3) is 0 Å². The van der Waals surface area contributed by atoms with Crippen LogP contribution in [0.15, 0.2) is 187 Å². The Morgan fingerprint density at radius 3 is 0.804 bits per heavy atom. The molecule has 0 aliphatic heterocycles. The molecule has 6 aromatic carbocycles. The normalized spacial score (nSPS) is 10.6. The van der Waals surface area contributed by atoms with Crippen LogP contribution in [0.4, 0.5) is 8.78 Å². The van der Waals surface area contributed by atoms with Gasteiger partial charge in [0.05, 0.1) is 32.4 Å². The Balaban J connectivity index is 0.000000157. The molecule has 3 nitrogen and oxygen atoms in total. The molecule has 0 radical (unpaired) electrons. The van der Waals surface area contributed by atoms with Gasteiger partial charge in [0, 0.05) is 29.4 Å². The highest BCUT2D eigenvalue weighted by atomic mass is 32.2. The molecule has 0 heterocycles. The van der Waals surface area contributed by atoms with Gasteiger partial charge in [-0.05, 0) is 111 Å². The quantitative estimate of drug-likeness (QED) is 0.177. The molecule has 0 unspecified atom stereocenters. The molecular formula is C38H32F2O3S3. The van der Waals surface area contributed by atoms with E-state index in [1.54, 1.807) is 0 Å². The summed E-state index contributed by atoms with van der Waals surface area (Å²) in [5.74, 6) is -0.750. The molecule has 0 fully saturated rings. The second-order valence-corrected chi connectivity index (χ2v) is 14.4. The minimum Gasteiger partial charge on any atom is -0.249 e. The highest BCUT2D eigenvalue weighted by molar-refractivity contribution is 7.85. The molecule has 6 rings (SSSR count). The van der Waals surface area contributed by atoms with Crippen molar-refractivity contribution in [3.63, 3.8) is 0 Å². The molecule has 0 bridgehead atoms. The zero-order valence-electron chi connectivity index (χ0n) is 25.2. The Hall–Kier alpha value is -4.37. The Kier molecular flexibility index (Phi) is 13.0. The van der Waals surface area contributed by atoms with E-state index in [9.17, 15) is 21.4 Å². The molecular weight excluding hydrogens is 639 g/mol. The van der Waals surface area contributed by atoms with Gasteiger partial charge in [0.1, 0.15) is 11.6 Å². The van der Waals surface area contributed by atoms with Gasteiger partial charge in [0.25, 0.3) is 0 Å². The van der Waals surface area contributed by atoms with E-state index in [0.717, 1.165) is 19.6 Å². The van der Waals surface area contributed by atoms with Crippen molar-refractivity contribution in [2.75, 3.05) is 0 Å². The maximum absolute atomic E-state index is 12.7. The van der Waals surface area contributed by atoms with Crippen LogP contribution >= 0.6 is 0 Å². The smallest absolute Gasteiger partial charge is 0.123 e. The summed E-state index contributed by atoms with van der Waals surface area (Å²) in [5, 5.41) is 0. The van der Waals surface area contributed by atoms with Crippen LogP contribution in [0.1, 0.15) is 11.1 Å². The van der Waals surface area contributed by atoms with Crippen molar-refractivity contribution in [2.45, 2.75) is 43.2 Å². The van der Waals surface area contributed by atoms with Crippen LogP contribution in [-0.4, -0.2) is 12.6 Å². The van der Waals surface area contributed by atoms with E-state index in [0.29, 0.717) is 9.79 Å². The Bertz CT molecular complexity index is 1640. The SMILES string of the molecule is Cc1ccc(S(=O)c2ccc(C)cc2)cc1.O=S(c1ccc(F)cc1)c1ccc(F)cc1.O=S(c1ccccc1)c1ccccc1. The van der Waals surface area contributed by atoms with Gasteiger partial charge in [-0.1, -0.05) is 71.8 Å². The second kappa shape index (κ2) is 17.4. The fourth-order valence-corrected chi connectivity index (χ4v) is 7.09. The maximum Gasteiger partial charge on any atom is 0.123 e. The Morgan fingerprint density at radius 1 is 0.326 bits per heavy atom. The van der Waals surface area contributed by atoms with Gasteiger partial charge in [-0.3, -0.25) is 0 Å². The number of rotatable bonds is 6. The number of halogens is 2. The third kappa shape index (κ3) is 10.3. The summed E-state index contributed by atoms with van der Waals surface area (Å²) in [5.41, 5.74) is 2.37. The van der Waals surface area contributed by atoms with Crippen molar-refractivity contribution in [3.05, 3.63) is 180 Å². The van der Waals surface area contributed by atoms with Crippen LogP contribution in [0.3, 0.4) is 0 Å². The fourth-order valence-electron chi connectivity index (χ4n) is 3.94. The van der Waals surface area contributed by atoms with E-state index < -0.39 is 32.4 Å². The van der Waals surface area contributed by atoms with Crippen molar-refractivity contribution in [3.8, 4) is 0 Å². The van der Waals surface area contributed by atoms with E-state index in [-0.39, 0.29) is 11.6 Å². The molecule has 234 valence electrons. The summed E-state index contributed by atoms with van der Waals surface area (Å²) in [6, 6.07) is 45.4. The van der Waals surface area contributed by atoms with Crippen molar-refractivity contribution >= 4 is 32.4 Å². The Morgan fingerprint density at radius 2 is 0.543 bits per heavy atom. The average Bonchev–Trinajstić information content (AvgIpc) is 3.10. The summed E-state index contributed by atoms with van der Waals surface area (Å²) in [6.07, 6.45) is 0. The van der Waals surface area contributed by atoms with Crippen LogP contribution in [0.2, 0.25) is 0 Å². The number of hydrogen-bond acceptors (Lipinski definition) is 3. The highest BCUT2D eigenvalue weighted by Gasteiger charge is 2.08. The lowest BCUT2D eigenvalue weighted by atomic mass is 10.2. The largest absolute Gasteiger partial charge is 0.249 e. The third-order valence-electron chi connectivity index (χ3n) is 6.44. The van der Waals surface area contributed by atoms with Crippen LogP contribution < -0.4 is 0 Å². The molecule has 46 heavy (non-hydrogen) atoms. The van der Waals surface area contributed by atoms with E-state index in [1.807, 2.05) is 123 Å². The molecule has 0 N–H and O–H groups in total. The van der Waals surface area contributed by atoms with Gasteiger partial charge in [-0.25, -0.2) is 21.4 Å². The van der Waals surface area contributed by atoms with Crippen LogP contribution in [0, 0.1) is 25.5 Å². The Labute approximate surface area is 276 Å². The van der Waals surface area contributed by atoms with E-state index in [2.05, 4.69) is 0 Å². The zero-order valence-corrected chi connectivity index (χ0v) is 27.7. The van der Waals surface area contributed by atoms with Crippen molar-refractivity contribution in [1.29, 1.82) is 0 Å². The summed E-state index contributed by atoms with van der Waals surface area (Å²) >= 11 is 0. The predicted molar refractivity (Wildman–Crippen MR) is 182 cm³/mol. The molecule has 0 aromatic heterocycles. The molecule has 0 saturated heterocycles. The number of benzene rings is 6. The standard InChI is InChI=1S/C14H14OS.C12H8F2OS.C12H10OS/c1-11-3-7-13(8-4-11)16(15)14-9-5-12(2)6-10-14;13-9-1-5-11(6-2-9)16(15)12-7-3-10(14)4-8-12;13-14(11-7-3-1-4-8-11)12-9-5-2-6-10-12/h3-10H,1-2H3;1-8H;1-10H. The molecule has 0 aliphatic rings.